The summed E-state index contributed by atoms with van der Waals surface area (Å²) in [6.07, 6.45) is 9.95. The maximum atomic E-state index is 13.9. The Morgan fingerprint density at radius 2 is 0.889 bits per heavy atom. The molecule has 2 saturated heterocycles. The zero-order valence-electron chi connectivity index (χ0n) is 62.6. The Morgan fingerprint density at radius 3 is 1.32 bits per heavy atom. The van der Waals surface area contributed by atoms with Crippen molar-refractivity contribution in [2.75, 3.05) is 28.4 Å². The highest BCUT2D eigenvalue weighted by atomic mass is 16.6. The van der Waals surface area contributed by atoms with E-state index in [4.69, 9.17) is 47.4 Å². The maximum Gasteiger partial charge on any atom is 0.331 e. The van der Waals surface area contributed by atoms with Crippen LogP contribution in [0.25, 0.3) is 0 Å². The summed E-state index contributed by atoms with van der Waals surface area (Å²) in [5.41, 5.74) is 1.35. The smallest absolute Gasteiger partial charge is 0.331 e. The molecule has 0 radical (unpaired) electrons. The van der Waals surface area contributed by atoms with Gasteiger partial charge in [-0.05, 0) is 117 Å². The molecule has 0 amide bonds. The van der Waals surface area contributed by atoms with Crippen LogP contribution in [0.5, 0.6) is 0 Å². The van der Waals surface area contributed by atoms with Crippen molar-refractivity contribution in [1.29, 1.82) is 0 Å². The van der Waals surface area contributed by atoms with E-state index in [1.165, 1.54) is 12.2 Å². The zero-order chi connectivity index (χ0) is 73.4. The number of rotatable bonds is 16. The molecule has 9 N–H and O–H groups in total. The number of fused-ring (bicyclic) bond motifs is 4. The monoisotopic (exact) mass is 1400 g/mol. The van der Waals surface area contributed by atoms with Gasteiger partial charge in [0, 0.05) is 108 Å². The highest BCUT2D eigenvalue weighted by Crippen LogP contribution is 2.37. The minimum Gasteiger partial charge on any atom is -0.458 e. The fourth-order valence-corrected chi connectivity index (χ4v) is 15.4. The minimum absolute atomic E-state index is 0.0334. The van der Waals surface area contributed by atoms with E-state index in [1.54, 1.807) is 81.3 Å². The quantitative estimate of drug-likeness (QED) is 0.0514. The third-order valence-corrected chi connectivity index (χ3v) is 22.3. The fraction of sp³-hybridized carbons (Fsp3) is 0.821. The van der Waals surface area contributed by atoms with Gasteiger partial charge in [-0.2, -0.15) is 0 Å². The summed E-state index contributed by atoms with van der Waals surface area (Å²) in [5, 5.41) is 106. The molecule has 31 atom stereocenters. The van der Waals surface area contributed by atoms with Crippen molar-refractivity contribution in [3.05, 3.63) is 71.9 Å². The van der Waals surface area contributed by atoms with Gasteiger partial charge in [0.25, 0.3) is 0 Å². The average molecular weight is 1410 g/mol. The molecule has 0 aromatic heterocycles. The minimum atomic E-state index is -1.22. The van der Waals surface area contributed by atoms with Crippen LogP contribution < -0.4 is 0 Å². The Kier molecular flexibility index (Phi) is 37.7. The number of methoxy groups -OCH3 is 4. The Hall–Kier alpha value is -3.30. The molecule has 5 aliphatic heterocycles. The predicted octanol–water partition coefficient (Wildman–Crippen LogP) is 9.08. The van der Waals surface area contributed by atoms with Gasteiger partial charge < -0.3 is 93.3 Å². The highest BCUT2D eigenvalue weighted by molar-refractivity contribution is 5.83. The van der Waals surface area contributed by atoms with Crippen molar-refractivity contribution in [2.45, 2.75) is 333 Å². The molecule has 570 valence electrons. The lowest BCUT2D eigenvalue weighted by Crippen LogP contribution is -2.47. The van der Waals surface area contributed by atoms with E-state index in [0.29, 0.717) is 62.5 Å². The molecular weight excluding hydrogens is 1270 g/mol. The zero-order valence-corrected chi connectivity index (χ0v) is 62.6. The molecule has 2 fully saturated rings. The molecule has 5 heterocycles. The Labute approximate surface area is 592 Å². The molecule has 0 spiro atoms. The molecule has 0 saturated carbocycles. The molecule has 21 heteroatoms. The molecule has 5 rings (SSSR count). The second-order valence-corrected chi connectivity index (χ2v) is 30.5. The molecular formula is C78H132O21. The van der Waals surface area contributed by atoms with E-state index in [-0.39, 0.29) is 93.6 Å². The molecule has 0 aromatic carbocycles. The largest absolute Gasteiger partial charge is 0.458 e. The molecule has 0 aliphatic carbocycles. The molecule has 99 heavy (non-hydrogen) atoms. The number of ether oxygens (including phenoxy) is 10. The first kappa shape index (κ1) is 86.3. The number of allylic oxidation sites excluding steroid dienone is 4. The van der Waals surface area contributed by atoms with Crippen molar-refractivity contribution in [3.8, 4) is 0 Å². The number of hydrogen-bond acceptors (Lipinski definition) is 21. The average Bonchev–Trinajstić information content (AvgIpc) is 0.855. The van der Waals surface area contributed by atoms with E-state index in [1.807, 2.05) is 78.8 Å². The van der Waals surface area contributed by atoms with Crippen LogP contribution in [0.3, 0.4) is 0 Å². The number of aliphatic hydroxyl groups excluding tert-OH is 9. The van der Waals surface area contributed by atoms with Crippen molar-refractivity contribution in [3.63, 3.8) is 0 Å². The van der Waals surface area contributed by atoms with Crippen molar-refractivity contribution in [2.24, 2.45) is 47.3 Å². The van der Waals surface area contributed by atoms with Crippen molar-refractivity contribution >= 4 is 11.9 Å². The SMILES string of the molecule is CO[C@@H]1C[C@H](C)O[C@@H](C(O)C[C@H](C)[C@H](O)[C@H](C)[C@H]2OC(=O)/C=C/C(C)=C/C[C@H](O)C[C@H]3C=CC[C@@H](C[C@H](OC)[C@H](C)[C@H](O)C[C@@H](O)[C@H](C)[C@@H]([C@@H](C)[C@@H](O)[C@@H](C)CC[C@H]4C[C@H](OC)C[C@H](C)O4)OC(=O)/C=C/C(C)=C/C[C@H](O)C[C@H]4C=CC[C@@H](C[C@H](OC)[C@@H](C)[C@H](O)C[C@@H](O)[C@@H]2C)O4)O3)C1. The van der Waals surface area contributed by atoms with Gasteiger partial charge in [0.1, 0.15) is 12.2 Å². The van der Waals surface area contributed by atoms with E-state index in [2.05, 4.69) is 0 Å². The van der Waals surface area contributed by atoms with Crippen LogP contribution >= 0.6 is 0 Å². The lowest BCUT2D eigenvalue weighted by Gasteiger charge is -2.39. The van der Waals surface area contributed by atoms with Crippen LogP contribution in [0.4, 0.5) is 0 Å². The second kappa shape index (κ2) is 43.2. The number of aliphatic hydroxyl groups is 9. The first-order valence-electron chi connectivity index (χ1n) is 37.1. The van der Waals surface area contributed by atoms with Crippen LogP contribution in [0.1, 0.15) is 192 Å². The topological polar surface area (TPSA) is 309 Å². The van der Waals surface area contributed by atoms with E-state index < -0.39 is 151 Å². The van der Waals surface area contributed by atoms with Crippen LogP contribution in [-0.4, -0.2) is 227 Å². The fourth-order valence-electron chi connectivity index (χ4n) is 15.4. The summed E-state index contributed by atoms with van der Waals surface area (Å²) < 4.78 is 61.1. The van der Waals surface area contributed by atoms with Gasteiger partial charge >= 0.3 is 11.9 Å². The van der Waals surface area contributed by atoms with Crippen LogP contribution in [0.2, 0.25) is 0 Å². The number of carbonyl (C=O) groups is 2. The lowest BCUT2D eigenvalue weighted by atomic mass is 9.78. The van der Waals surface area contributed by atoms with Crippen LogP contribution in [0, 0.1) is 47.3 Å². The molecule has 5 aliphatic rings. The summed E-state index contributed by atoms with van der Waals surface area (Å²) in [7, 11) is 6.48. The summed E-state index contributed by atoms with van der Waals surface area (Å²) >= 11 is 0. The van der Waals surface area contributed by atoms with Gasteiger partial charge in [-0.1, -0.05) is 115 Å². The Bertz CT molecular complexity index is 2520. The number of carbonyl (C=O) groups excluding carboxylic acids is 2. The first-order chi connectivity index (χ1) is 46.8. The van der Waals surface area contributed by atoms with E-state index >= 15 is 0 Å². The van der Waals surface area contributed by atoms with Crippen LogP contribution in [0.15, 0.2) is 71.9 Å². The molecule has 1 unspecified atom stereocenters. The third-order valence-electron chi connectivity index (χ3n) is 22.3. The van der Waals surface area contributed by atoms with Crippen molar-refractivity contribution in [1.82, 2.24) is 0 Å². The Morgan fingerprint density at radius 1 is 0.475 bits per heavy atom. The van der Waals surface area contributed by atoms with Gasteiger partial charge in [0.15, 0.2) is 0 Å². The van der Waals surface area contributed by atoms with Gasteiger partial charge in [-0.15, -0.1) is 0 Å². The summed E-state index contributed by atoms with van der Waals surface area (Å²) in [6, 6.07) is 0. The number of hydrogen-bond donors (Lipinski definition) is 9. The first-order valence-corrected chi connectivity index (χ1v) is 37.1. The molecule has 4 bridgehead atoms. The lowest BCUT2D eigenvalue weighted by molar-refractivity contribution is -0.160. The van der Waals surface area contributed by atoms with Crippen LogP contribution in [-0.2, 0) is 57.0 Å². The van der Waals surface area contributed by atoms with E-state index in [9.17, 15) is 55.5 Å². The highest BCUT2D eigenvalue weighted by Gasteiger charge is 2.43. The molecule has 21 nitrogen and oxygen atoms in total. The van der Waals surface area contributed by atoms with Gasteiger partial charge in [-0.25, -0.2) is 9.59 Å². The van der Waals surface area contributed by atoms with E-state index in [0.717, 1.165) is 12.8 Å². The van der Waals surface area contributed by atoms with Gasteiger partial charge in [0.05, 0.1) is 128 Å². The number of esters is 2. The summed E-state index contributed by atoms with van der Waals surface area (Å²) in [6.45, 7) is 22.1. The van der Waals surface area contributed by atoms with Gasteiger partial charge in [0.2, 0.25) is 0 Å². The van der Waals surface area contributed by atoms with Crippen molar-refractivity contribution < 1.29 is 103 Å². The number of cyclic esters (lactones) is 2. The Balaban J connectivity index is 1.37. The normalized spacial score (nSPS) is 41.1. The third kappa shape index (κ3) is 28.3. The second-order valence-electron chi connectivity index (χ2n) is 30.5. The maximum absolute atomic E-state index is 13.9. The van der Waals surface area contributed by atoms with Gasteiger partial charge in [-0.3, -0.25) is 0 Å². The predicted molar refractivity (Wildman–Crippen MR) is 379 cm³/mol. The molecule has 0 aromatic rings. The standard InChI is InChI=1S/C78H132O21/c1-44-23-28-56(79)36-58-20-18-22-61(97-58)40-71(93-16)51(8)66(82)43-68(84)53(10)78(55(12)76(89)47(4)33-69(85)72-41-64(91-14)35-49(6)95-72)99-74(87)32-26-45(2)24-29-57(80)37-59-19-17-21-60(96-59)39-70(92-15)50(7)65(81)42-67(83)52(9)77(98-73(86)31-25-44)54(11)75(88)46(3)27-30-62-38-63(90-13)34-48(5)94-62/h17-20,23-26,31-32,46-72,75-85,88-89H,21-22,27-30,33-43H2,1-16H3/b31-25+,32-26+,44-23+,45-24+/t46-,47-,48-,49-,50+,51-,52-,53-,54-,55-,56-,57-,58+,59+,60-,61-,62-,63+,64+,65+,66+,67+,68+,69?,70-,71-,72+,75-,76-,77-,78-/m0/s1. The summed E-state index contributed by atoms with van der Waals surface area (Å²) in [4.78, 5) is 27.8. The summed E-state index contributed by atoms with van der Waals surface area (Å²) in [5.74, 6) is -6.08.